The summed E-state index contributed by atoms with van der Waals surface area (Å²) in [7, 11) is 2.86. The normalized spacial score (nSPS) is 19.3. The molecule has 2 aromatic rings. The van der Waals surface area contributed by atoms with Crippen LogP contribution < -0.4 is 10.1 Å². The lowest BCUT2D eigenvalue weighted by Gasteiger charge is -2.22. The number of carbonyl (C=O) groups excluding carboxylic acids is 3. The lowest BCUT2D eigenvalue weighted by Crippen LogP contribution is -2.28. The molecule has 2 unspecified atom stereocenters. The second-order valence-electron chi connectivity index (χ2n) is 6.92. The van der Waals surface area contributed by atoms with Crippen molar-refractivity contribution in [2.45, 2.75) is 25.2 Å². The Morgan fingerprint density at radius 1 is 1.17 bits per heavy atom. The molecule has 1 amide bonds. The number of carbonyl (C=O) groups is 3. The van der Waals surface area contributed by atoms with Gasteiger partial charge in [0.1, 0.15) is 18.0 Å². The number of hydrogen-bond donors (Lipinski definition) is 3. The zero-order valence-corrected chi connectivity index (χ0v) is 15.8. The fraction of sp³-hybridized carbons (Fsp3) is 0.286. The van der Waals surface area contributed by atoms with Crippen molar-refractivity contribution in [1.29, 1.82) is 0 Å². The molecular weight excluding hydrogens is 378 g/mol. The summed E-state index contributed by atoms with van der Waals surface area (Å²) in [5, 5.41) is 22.8. The number of aliphatic hydroxyl groups is 2. The third-order valence-corrected chi connectivity index (χ3v) is 5.43. The van der Waals surface area contributed by atoms with E-state index < -0.39 is 24.9 Å². The van der Waals surface area contributed by atoms with Gasteiger partial charge in [-0.3, -0.25) is 9.59 Å². The molecule has 3 N–H and O–H groups in total. The topological polar surface area (TPSA) is 122 Å². The van der Waals surface area contributed by atoms with Crippen LogP contribution in [0.15, 0.2) is 24.3 Å². The van der Waals surface area contributed by atoms with Crippen LogP contribution in [-0.4, -0.2) is 48.1 Å². The largest absolute Gasteiger partial charge is 0.497 e. The lowest BCUT2D eigenvalue weighted by atomic mass is 9.79. The average molecular weight is 397 g/mol. The maximum atomic E-state index is 13.3. The molecule has 2 aliphatic carbocycles. The number of benzene rings is 2. The third kappa shape index (κ3) is 2.80. The van der Waals surface area contributed by atoms with Crippen LogP contribution in [-0.2, 0) is 17.8 Å². The second kappa shape index (κ2) is 6.98. The minimum absolute atomic E-state index is 0.0540. The Hall–Kier alpha value is -3.23. The zero-order valence-electron chi connectivity index (χ0n) is 15.8. The van der Waals surface area contributed by atoms with E-state index in [0.29, 0.717) is 22.4 Å². The number of nitrogens with one attached hydrogen (secondary N) is 1. The highest BCUT2D eigenvalue weighted by Gasteiger charge is 2.42. The number of rotatable bonds is 3. The molecule has 0 aliphatic heterocycles. The molecule has 0 bridgehead atoms. The van der Waals surface area contributed by atoms with Gasteiger partial charge >= 0.3 is 6.09 Å². The number of amides is 1. The fourth-order valence-electron chi connectivity index (χ4n) is 4.08. The first-order chi connectivity index (χ1) is 13.9. The van der Waals surface area contributed by atoms with Crippen LogP contribution in [0.3, 0.4) is 0 Å². The number of aliphatic hydroxyl groups excluding tert-OH is 2. The van der Waals surface area contributed by atoms with E-state index in [4.69, 9.17) is 9.47 Å². The predicted molar refractivity (Wildman–Crippen MR) is 100 cm³/mol. The SMILES string of the molecule is CNC(=O)OC1Cc2c3c(cc(CO)c2C1O)C(=O)c1ccc(OC)cc1C3=O. The minimum Gasteiger partial charge on any atom is -0.497 e. The summed E-state index contributed by atoms with van der Waals surface area (Å²) >= 11 is 0. The predicted octanol–water partition coefficient (Wildman–Crippen LogP) is 1.28. The van der Waals surface area contributed by atoms with Crippen molar-refractivity contribution >= 4 is 17.7 Å². The molecule has 8 heteroatoms. The van der Waals surface area contributed by atoms with E-state index in [1.807, 2.05) is 0 Å². The van der Waals surface area contributed by atoms with Crippen LogP contribution in [0, 0.1) is 0 Å². The summed E-state index contributed by atoms with van der Waals surface area (Å²) in [5.41, 5.74) is 1.88. The molecule has 2 atom stereocenters. The number of methoxy groups -OCH3 is 1. The maximum absolute atomic E-state index is 13.3. The fourth-order valence-corrected chi connectivity index (χ4v) is 4.08. The number of ketones is 2. The van der Waals surface area contributed by atoms with Gasteiger partial charge in [-0.1, -0.05) is 0 Å². The molecule has 8 nitrogen and oxygen atoms in total. The van der Waals surface area contributed by atoms with Gasteiger partial charge < -0.3 is 25.0 Å². The van der Waals surface area contributed by atoms with E-state index >= 15 is 0 Å². The Bertz CT molecular complexity index is 1060. The molecule has 0 aromatic heterocycles. The van der Waals surface area contributed by atoms with Crippen molar-refractivity contribution in [1.82, 2.24) is 5.32 Å². The van der Waals surface area contributed by atoms with E-state index in [9.17, 15) is 24.6 Å². The molecule has 0 heterocycles. The van der Waals surface area contributed by atoms with Crippen LogP contribution in [0.5, 0.6) is 5.75 Å². The summed E-state index contributed by atoms with van der Waals surface area (Å²) in [4.78, 5) is 38.0. The van der Waals surface area contributed by atoms with Crippen LogP contribution in [0.1, 0.15) is 54.6 Å². The van der Waals surface area contributed by atoms with Gasteiger partial charge in [-0.15, -0.1) is 0 Å². The van der Waals surface area contributed by atoms with Crippen LogP contribution in [0.25, 0.3) is 0 Å². The molecule has 0 saturated heterocycles. The van der Waals surface area contributed by atoms with Crippen LogP contribution in [0.4, 0.5) is 4.79 Å². The molecule has 4 rings (SSSR count). The van der Waals surface area contributed by atoms with E-state index in [2.05, 4.69) is 5.32 Å². The molecule has 0 fully saturated rings. The van der Waals surface area contributed by atoms with Gasteiger partial charge in [0.2, 0.25) is 0 Å². The quantitative estimate of drug-likeness (QED) is 0.608. The van der Waals surface area contributed by atoms with E-state index in [1.54, 1.807) is 6.07 Å². The van der Waals surface area contributed by atoms with Crippen molar-refractivity contribution in [3.63, 3.8) is 0 Å². The average Bonchev–Trinajstić information content (AvgIpc) is 3.06. The summed E-state index contributed by atoms with van der Waals surface area (Å²) < 4.78 is 10.4. The third-order valence-electron chi connectivity index (χ3n) is 5.43. The lowest BCUT2D eigenvalue weighted by molar-refractivity contribution is 0.0132. The van der Waals surface area contributed by atoms with Crippen molar-refractivity contribution in [2.24, 2.45) is 0 Å². The molecule has 2 aliphatic rings. The zero-order chi connectivity index (χ0) is 20.9. The first kappa shape index (κ1) is 19.1. The minimum atomic E-state index is -1.22. The monoisotopic (exact) mass is 397 g/mol. The van der Waals surface area contributed by atoms with E-state index in [0.717, 1.165) is 0 Å². The smallest absolute Gasteiger partial charge is 0.407 e. The molecule has 150 valence electrons. The van der Waals surface area contributed by atoms with Crippen molar-refractivity contribution in [3.05, 3.63) is 63.2 Å². The maximum Gasteiger partial charge on any atom is 0.407 e. The van der Waals surface area contributed by atoms with Gasteiger partial charge in [0.25, 0.3) is 0 Å². The van der Waals surface area contributed by atoms with Gasteiger partial charge in [-0.25, -0.2) is 4.79 Å². The first-order valence-corrected chi connectivity index (χ1v) is 9.04. The Balaban J connectivity index is 1.89. The summed E-state index contributed by atoms with van der Waals surface area (Å²) in [6, 6.07) is 6.09. The second-order valence-corrected chi connectivity index (χ2v) is 6.92. The van der Waals surface area contributed by atoms with Gasteiger partial charge in [0.05, 0.1) is 13.7 Å². The van der Waals surface area contributed by atoms with Gasteiger partial charge in [-0.05, 0) is 41.0 Å². The number of hydrogen-bond acceptors (Lipinski definition) is 7. The van der Waals surface area contributed by atoms with Crippen molar-refractivity contribution in [2.75, 3.05) is 14.2 Å². The molecule has 29 heavy (non-hydrogen) atoms. The summed E-state index contributed by atoms with van der Waals surface area (Å²) in [6.45, 7) is -0.434. The Morgan fingerprint density at radius 2 is 1.93 bits per heavy atom. The Kier molecular flexibility index (Phi) is 4.60. The number of alkyl carbamates (subject to hydrolysis) is 1. The Morgan fingerprint density at radius 3 is 2.59 bits per heavy atom. The van der Waals surface area contributed by atoms with Crippen LogP contribution >= 0.6 is 0 Å². The summed E-state index contributed by atoms with van der Waals surface area (Å²) in [5.74, 6) is -0.278. The number of fused-ring (bicyclic) bond motifs is 4. The molecule has 0 radical (unpaired) electrons. The first-order valence-electron chi connectivity index (χ1n) is 9.04. The van der Waals surface area contributed by atoms with Gasteiger partial charge in [0, 0.05) is 35.7 Å². The standard InChI is InChI=1S/C21H19NO7/c1-22-21(27)29-15-7-13-16(20(15)26)9(8-23)5-14-17(13)19(25)12-6-10(28-2)3-4-11(12)18(14)24/h3-6,15,20,23,26H,7-8H2,1-2H3,(H,22,27). The van der Waals surface area contributed by atoms with Gasteiger partial charge in [0.15, 0.2) is 11.6 Å². The highest BCUT2D eigenvalue weighted by molar-refractivity contribution is 6.29. The summed E-state index contributed by atoms with van der Waals surface area (Å²) in [6.07, 6.45) is -2.82. The van der Waals surface area contributed by atoms with E-state index in [-0.39, 0.29) is 40.2 Å². The van der Waals surface area contributed by atoms with Crippen LogP contribution in [0.2, 0.25) is 0 Å². The van der Waals surface area contributed by atoms with Crippen molar-refractivity contribution in [3.8, 4) is 5.75 Å². The number of ether oxygens (including phenoxy) is 2. The molecule has 0 saturated carbocycles. The molecular formula is C21H19NO7. The van der Waals surface area contributed by atoms with E-state index in [1.165, 1.54) is 32.4 Å². The highest BCUT2D eigenvalue weighted by atomic mass is 16.6. The van der Waals surface area contributed by atoms with Gasteiger partial charge in [-0.2, -0.15) is 0 Å². The Labute approximate surface area is 166 Å². The highest BCUT2D eigenvalue weighted by Crippen LogP contribution is 2.42. The van der Waals surface area contributed by atoms with Crippen molar-refractivity contribution < 1.29 is 34.1 Å². The molecule has 0 spiro atoms. The molecule has 2 aromatic carbocycles.